The molecule has 0 N–H and O–H groups in total. The smallest absolute Gasteiger partial charge is 0.0666 e. The van der Waals surface area contributed by atoms with E-state index in [-0.39, 0.29) is 0 Å². The van der Waals surface area contributed by atoms with E-state index in [1.54, 1.807) is 0 Å². The van der Waals surface area contributed by atoms with Gasteiger partial charge in [-0.1, -0.05) is 0 Å². The summed E-state index contributed by atoms with van der Waals surface area (Å²) in [5.74, 6) is 0. The lowest BCUT2D eigenvalue weighted by molar-refractivity contribution is 1.76. The Balaban J connectivity index is 2.82. The van der Waals surface area contributed by atoms with Crippen molar-refractivity contribution in [1.82, 2.24) is 0 Å². The van der Waals surface area contributed by atoms with Crippen LogP contribution in [0.1, 0.15) is 0 Å². The molecule has 0 bridgehead atoms. The topological polar surface area (TPSA) is 0 Å². The van der Waals surface area contributed by atoms with Crippen LogP contribution in [-0.4, -0.2) is 0 Å². The van der Waals surface area contributed by atoms with Gasteiger partial charge < -0.3 is 0 Å². The summed E-state index contributed by atoms with van der Waals surface area (Å²) in [4.78, 5) is 0. The Morgan fingerprint density at radius 1 is 1.09 bits per heavy atom. The van der Waals surface area contributed by atoms with Gasteiger partial charge in [0.05, 0.1) is 2.88 Å². The molecule has 3 heteroatoms. The normalized spacial score (nSPS) is 10.7. The van der Waals surface area contributed by atoms with Crippen molar-refractivity contribution in [3.8, 4) is 0 Å². The third kappa shape index (κ3) is 1.70. The van der Waals surface area contributed by atoms with E-state index in [1.807, 2.05) is 11.3 Å². The molecule has 0 aliphatic carbocycles. The Hall–Kier alpha value is 0.640. The monoisotopic (exact) mass is 386 g/mol. The van der Waals surface area contributed by atoms with Gasteiger partial charge >= 0.3 is 0 Å². The second kappa shape index (κ2) is 3.18. The molecule has 0 saturated heterocycles. The van der Waals surface area contributed by atoms with Crippen molar-refractivity contribution >= 4 is 66.6 Å². The van der Waals surface area contributed by atoms with Gasteiger partial charge in [0, 0.05) is 8.27 Å². The Morgan fingerprint density at radius 2 is 1.91 bits per heavy atom. The number of fused-ring (bicyclic) bond motifs is 1. The van der Waals surface area contributed by atoms with Crippen LogP contribution >= 0.6 is 56.5 Å². The standard InChI is InChI=1S/C8H4I2S/c9-6-1-2-7-5(3-6)4-8(10)11-7/h1-4H. The molecule has 1 aromatic carbocycles. The SMILES string of the molecule is Ic1ccc2sc(I)cc2c1. The molecule has 0 fully saturated rings. The number of rotatable bonds is 0. The van der Waals surface area contributed by atoms with Crippen LogP contribution in [0.5, 0.6) is 0 Å². The summed E-state index contributed by atoms with van der Waals surface area (Å²) < 4.78 is 4.05. The lowest BCUT2D eigenvalue weighted by Gasteiger charge is -1.88. The van der Waals surface area contributed by atoms with E-state index in [0.29, 0.717) is 0 Å². The molecule has 0 radical (unpaired) electrons. The van der Waals surface area contributed by atoms with Crippen LogP contribution in [0.4, 0.5) is 0 Å². The second-order valence-electron chi connectivity index (χ2n) is 2.23. The molecule has 0 atom stereocenters. The zero-order valence-corrected chi connectivity index (χ0v) is 10.6. The first-order valence-electron chi connectivity index (χ1n) is 3.10. The molecule has 0 nitrogen and oxygen atoms in total. The summed E-state index contributed by atoms with van der Waals surface area (Å²) in [6, 6.07) is 8.77. The van der Waals surface area contributed by atoms with Gasteiger partial charge in [-0.15, -0.1) is 11.3 Å². The minimum absolute atomic E-state index is 1.31. The fourth-order valence-corrected chi connectivity index (χ4v) is 3.31. The maximum atomic E-state index is 2.36. The molecule has 0 aliphatic heterocycles. The maximum Gasteiger partial charge on any atom is 0.0666 e. The Bertz CT molecular complexity index is 392. The predicted molar refractivity (Wildman–Crippen MR) is 67.3 cm³/mol. The highest BCUT2D eigenvalue weighted by Crippen LogP contribution is 2.27. The van der Waals surface area contributed by atoms with Crippen molar-refractivity contribution in [3.05, 3.63) is 30.7 Å². The molecule has 56 valence electrons. The Morgan fingerprint density at radius 3 is 2.73 bits per heavy atom. The molecule has 2 rings (SSSR count). The van der Waals surface area contributed by atoms with Crippen LogP contribution in [0.25, 0.3) is 10.1 Å². The van der Waals surface area contributed by atoms with Crippen LogP contribution in [0.3, 0.4) is 0 Å². The quantitative estimate of drug-likeness (QED) is 0.598. The molecule has 2 aromatic rings. The van der Waals surface area contributed by atoms with Crippen molar-refractivity contribution < 1.29 is 0 Å². The van der Waals surface area contributed by atoms with Gasteiger partial charge in [0.2, 0.25) is 0 Å². The summed E-state index contributed by atoms with van der Waals surface area (Å²) in [5.41, 5.74) is 0. The summed E-state index contributed by atoms with van der Waals surface area (Å²) >= 11 is 6.54. The number of hydrogen-bond donors (Lipinski definition) is 0. The van der Waals surface area contributed by atoms with Gasteiger partial charge in [-0.05, 0) is 74.8 Å². The van der Waals surface area contributed by atoms with E-state index in [2.05, 4.69) is 69.4 Å². The molecular formula is C8H4I2S. The molecule has 0 amide bonds. The average Bonchev–Trinajstić information content (AvgIpc) is 2.27. The first kappa shape index (κ1) is 8.25. The van der Waals surface area contributed by atoms with E-state index in [0.717, 1.165) is 0 Å². The van der Waals surface area contributed by atoms with Gasteiger partial charge in [-0.3, -0.25) is 0 Å². The molecule has 1 aromatic heterocycles. The second-order valence-corrected chi connectivity index (χ2v) is 6.46. The number of halogens is 2. The van der Waals surface area contributed by atoms with Gasteiger partial charge in [0.15, 0.2) is 0 Å². The van der Waals surface area contributed by atoms with Crippen molar-refractivity contribution in [1.29, 1.82) is 0 Å². The highest BCUT2D eigenvalue weighted by molar-refractivity contribution is 14.1. The third-order valence-electron chi connectivity index (χ3n) is 1.45. The van der Waals surface area contributed by atoms with E-state index < -0.39 is 0 Å². The highest BCUT2D eigenvalue weighted by atomic mass is 127. The van der Waals surface area contributed by atoms with Gasteiger partial charge in [0.1, 0.15) is 0 Å². The average molecular weight is 386 g/mol. The van der Waals surface area contributed by atoms with Crippen molar-refractivity contribution in [2.45, 2.75) is 0 Å². The molecular weight excluding hydrogens is 382 g/mol. The van der Waals surface area contributed by atoms with Crippen molar-refractivity contribution in [3.63, 3.8) is 0 Å². The summed E-state index contributed by atoms with van der Waals surface area (Å²) in [6.07, 6.45) is 0. The Kier molecular flexibility index (Phi) is 2.38. The van der Waals surface area contributed by atoms with Gasteiger partial charge in [-0.25, -0.2) is 0 Å². The Labute approximate surface area is 96.3 Å². The predicted octanol–water partition coefficient (Wildman–Crippen LogP) is 4.11. The summed E-state index contributed by atoms with van der Waals surface area (Å²) in [7, 11) is 0. The van der Waals surface area contributed by atoms with E-state index in [9.17, 15) is 0 Å². The van der Waals surface area contributed by atoms with Gasteiger partial charge in [-0.2, -0.15) is 0 Å². The van der Waals surface area contributed by atoms with Gasteiger partial charge in [0.25, 0.3) is 0 Å². The summed E-state index contributed by atoms with van der Waals surface area (Å²) in [6.45, 7) is 0. The minimum Gasteiger partial charge on any atom is -0.129 e. The first-order chi connectivity index (χ1) is 5.25. The van der Waals surface area contributed by atoms with Crippen LogP contribution in [0.2, 0.25) is 0 Å². The molecule has 1 heterocycles. The molecule has 0 aliphatic rings. The number of hydrogen-bond acceptors (Lipinski definition) is 1. The minimum atomic E-state index is 1.31. The van der Waals surface area contributed by atoms with Crippen LogP contribution in [0, 0.1) is 6.45 Å². The first-order valence-corrected chi connectivity index (χ1v) is 6.08. The maximum absolute atomic E-state index is 2.36. The van der Waals surface area contributed by atoms with E-state index in [4.69, 9.17) is 0 Å². The number of thiophene rings is 1. The summed E-state index contributed by atoms with van der Waals surface area (Å²) in [5, 5.41) is 1.37. The fourth-order valence-electron chi connectivity index (χ4n) is 0.982. The zero-order chi connectivity index (χ0) is 7.84. The zero-order valence-electron chi connectivity index (χ0n) is 5.47. The van der Waals surface area contributed by atoms with Crippen LogP contribution < -0.4 is 0 Å². The fraction of sp³-hybridized carbons (Fsp3) is 0. The van der Waals surface area contributed by atoms with E-state index >= 15 is 0 Å². The highest BCUT2D eigenvalue weighted by Gasteiger charge is 1.98. The molecule has 0 unspecified atom stereocenters. The lowest BCUT2D eigenvalue weighted by Crippen LogP contribution is -1.66. The lowest BCUT2D eigenvalue weighted by atomic mass is 10.3. The van der Waals surface area contributed by atoms with Crippen LogP contribution in [0.15, 0.2) is 24.3 Å². The molecule has 0 saturated carbocycles. The van der Waals surface area contributed by atoms with Crippen molar-refractivity contribution in [2.75, 3.05) is 0 Å². The molecule has 0 spiro atoms. The number of benzene rings is 1. The molecule has 11 heavy (non-hydrogen) atoms. The van der Waals surface area contributed by atoms with E-state index in [1.165, 1.54) is 16.5 Å². The van der Waals surface area contributed by atoms with Crippen LogP contribution in [-0.2, 0) is 0 Å². The van der Waals surface area contributed by atoms with Crippen molar-refractivity contribution in [2.24, 2.45) is 0 Å². The largest absolute Gasteiger partial charge is 0.129 e. The third-order valence-corrected chi connectivity index (χ3v) is 4.00.